The number of hydrazone groups is 1. The molecule has 0 atom stereocenters. The van der Waals surface area contributed by atoms with Crippen LogP contribution in [0.15, 0.2) is 50.7 Å². The second kappa shape index (κ2) is 7.77. The van der Waals surface area contributed by atoms with E-state index < -0.39 is 5.91 Å². The minimum Gasteiger partial charge on any atom is -0.460 e. The second-order valence-electron chi connectivity index (χ2n) is 5.92. The van der Waals surface area contributed by atoms with Crippen molar-refractivity contribution in [3.8, 4) is 0 Å². The number of hydrogen-bond acceptors (Lipinski definition) is 5. The molecule has 2 heterocycles. The number of amides is 1. The molecular formula is C19H20N4O3. The van der Waals surface area contributed by atoms with Gasteiger partial charge in [-0.25, -0.2) is 10.1 Å². The molecule has 0 aliphatic heterocycles. The Labute approximate surface area is 150 Å². The summed E-state index contributed by atoms with van der Waals surface area (Å²) in [6.45, 7) is 4.33. The molecule has 1 aromatic carbocycles. The molecule has 0 aliphatic rings. The van der Waals surface area contributed by atoms with Crippen molar-refractivity contribution in [1.29, 1.82) is 0 Å². The van der Waals surface area contributed by atoms with E-state index in [2.05, 4.69) is 15.6 Å². The molecule has 2 aromatic heterocycles. The van der Waals surface area contributed by atoms with Crippen LogP contribution in [-0.4, -0.2) is 21.9 Å². The van der Waals surface area contributed by atoms with Crippen molar-refractivity contribution in [1.82, 2.24) is 15.2 Å². The van der Waals surface area contributed by atoms with Gasteiger partial charge in [0.2, 0.25) is 0 Å². The third kappa shape index (κ3) is 3.72. The van der Waals surface area contributed by atoms with E-state index in [-0.39, 0.29) is 11.3 Å². The number of nitrogens with one attached hydrogen (secondary N) is 1. The molecule has 0 unspecified atom stereocenters. The molecule has 3 rings (SSSR count). The lowest BCUT2D eigenvalue weighted by molar-refractivity contribution is 0.0949. The Kier molecular flexibility index (Phi) is 5.26. The molecule has 0 saturated carbocycles. The molecule has 0 fully saturated rings. The zero-order valence-electron chi connectivity index (χ0n) is 14.7. The summed E-state index contributed by atoms with van der Waals surface area (Å²) in [6.07, 6.45) is 3.15. The number of fused-ring (bicyclic) bond motifs is 1. The Balaban J connectivity index is 1.92. The number of aromatic nitrogens is 2. The van der Waals surface area contributed by atoms with Gasteiger partial charge in [-0.1, -0.05) is 31.5 Å². The van der Waals surface area contributed by atoms with Crippen molar-refractivity contribution in [3.63, 3.8) is 0 Å². The highest BCUT2D eigenvalue weighted by molar-refractivity contribution is 6.04. The number of carbonyl (C=O) groups excluding carboxylic acids is 1. The number of unbranched alkanes of at least 4 members (excludes halogenated alkanes) is 1. The normalized spacial score (nSPS) is 11.3. The summed E-state index contributed by atoms with van der Waals surface area (Å²) >= 11 is 0. The summed E-state index contributed by atoms with van der Waals surface area (Å²) in [5.74, 6) is 0.813. The second-order valence-corrected chi connectivity index (χ2v) is 5.92. The van der Waals surface area contributed by atoms with E-state index in [9.17, 15) is 9.59 Å². The number of rotatable bonds is 6. The van der Waals surface area contributed by atoms with Crippen molar-refractivity contribution >= 4 is 22.9 Å². The maximum Gasteiger partial charge on any atom is 0.292 e. The van der Waals surface area contributed by atoms with E-state index in [1.54, 1.807) is 30.3 Å². The smallest absolute Gasteiger partial charge is 0.292 e. The van der Waals surface area contributed by atoms with Crippen LogP contribution in [0, 0.1) is 6.92 Å². The van der Waals surface area contributed by atoms with E-state index in [4.69, 9.17) is 4.42 Å². The Hall–Kier alpha value is -3.22. The van der Waals surface area contributed by atoms with Crippen LogP contribution in [0.2, 0.25) is 0 Å². The summed E-state index contributed by atoms with van der Waals surface area (Å²) < 4.78 is 6.71. The minimum atomic E-state index is -0.481. The maximum atomic E-state index is 12.6. The maximum absolute atomic E-state index is 12.6. The predicted molar refractivity (Wildman–Crippen MR) is 99.4 cm³/mol. The number of aryl methyl sites for hydroxylation is 2. The molecule has 0 saturated heterocycles. The molecule has 0 radical (unpaired) electrons. The lowest BCUT2D eigenvalue weighted by atomic mass is 10.1. The van der Waals surface area contributed by atoms with Crippen LogP contribution < -0.4 is 11.0 Å². The first-order valence-corrected chi connectivity index (χ1v) is 8.50. The fraction of sp³-hybridized carbons (Fsp3) is 0.263. The highest BCUT2D eigenvalue weighted by Gasteiger charge is 2.16. The summed E-state index contributed by atoms with van der Waals surface area (Å²) in [7, 11) is 0. The Morgan fingerprint density at radius 3 is 2.73 bits per heavy atom. The number of nitrogens with zero attached hydrogens (tertiary/aromatic N) is 3. The fourth-order valence-corrected chi connectivity index (χ4v) is 2.59. The Bertz CT molecular complexity index is 1020. The molecular weight excluding hydrogens is 332 g/mol. The van der Waals surface area contributed by atoms with Crippen LogP contribution in [0.25, 0.3) is 10.8 Å². The summed E-state index contributed by atoms with van der Waals surface area (Å²) in [6, 6.07) is 10.5. The van der Waals surface area contributed by atoms with Crippen molar-refractivity contribution in [3.05, 3.63) is 64.0 Å². The largest absolute Gasteiger partial charge is 0.460 e. The van der Waals surface area contributed by atoms with Gasteiger partial charge in [0.15, 0.2) is 5.69 Å². The van der Waals surface area contributed by atoms with Crippen LogP contribution in [0.3, 0.4) is 0 Å². The average Bonchev–Trinajstić information content (AvgIpc) is 3.06. The van der Waals surface area contributed by atoms with Crippen molar-refractivity contribution in [2.24, 2.45) is 5.10 Å². The number of furan rings is 1. The highest BCUT2D eigenvalue weighted by Crippen LogP contribution is 2.13. The quantitative estimate of drug-likeness (QED) is 0.546. The first kappa shape index (κ1) is 17.6. The van der Waals surface area contributed by atoms with Gasteiger partial charge in [-0.05, 0) is 31.5 Å². The average molecular weight is 352 g/mol. The van der Waals surface area contributed by atoms with Gasteiger partial charge >= 0.3 is 0 Å². The van der Waals surface area contributed by atoms with Crippen LogP contribution in [0.1, 0.15) is 41.8 Å². The third-order valence-electron chi connectivity index (χ3n) is 3.93. The molecule has 134 valence electrons. The summed E-state index contributed by atoms with van der Waals surface area (Å²) in [4.78, 5) is 25.1. The van der Waals surface area contributed by atoms with Gasteiger partial charge in [-0.3, -0.25) is 9.59 Å². The fourth-order valence-electron chi connectivity index (χ4n) is 2.59. The lowest BCUT2D eigenvalue weighted by Crippen LogP contribution is -2.29. The third-order valence-corrected chi connectivity index (χ3v) is 3.93. The van der Waals surface area contributed by atoms with Crippen molar-refractivity contribution in [2.75, 3.05) is 0 Å². The zero-order chi connectivity index (χ0) is 18.5. The van der Waals surface area contributed by atoms with E-state index >= 15 is 0 Å². The van der Waals surface area contributed by atoms with Crippen LogP contribution in [0.5, 0.6) is 0 Å². The summed E-state index contributed by atoms with van der Waals surface area (Å²) in [5, 5.41) is 9.14. The van der Waals surface area contributed by atoms with E-state index in [0.717, 1.165) is 18.6 Å². The van der Waals surface area contributed by atoms with Gasteiger partial charge in [0.1, 0.15) is 11.5 Å². The molecule has 7 nitrogen and oxygen atoms in total. The Morgan fingerprint density at radius 1 is 1.27 bits per heavy atom. The van der Waals surface area contributed by atoms with Gasteiger partial charge in [0.25, 0.3) is 11.5 Å². The van der Waals surface area contributed by atoms with Gasteiger partial charge in [-0.15, -0.1) is 0 Å². The SMILES string of the molecule is CCCCn1nc(C(=O)N/N=C\c2ccc(C)o2)c2ccccc2c1=O. The number of hydrogen-bond donors (Lipinski definition) is 1. The van der Waals surface area contributed by atoms with E-state index in [1.165, 1.54) is 10.9 Å². The van der Waals surface area contributed by atoms with Crippen LogP contribution in [0.4, 0.5) is 0 Å². The molecule has 0 spiro atoms. The molecule has 3 aromatic rings. The standard InChI is InChI=1S/C19H20N4O3/c1-3-4-11-23-19(25)16-8-6-5-7-15(16)17(22-23)18(24)21-20-12-14-10-9-13(2)26-14/h5-10,12H,3-4,11H2,1-2H3,(H,21,24)/b20-12-. The van der Waals surface area contributed by atoms with Gasteiger partial charge in [-0.2, -0.15) is 10.2 Å². The molecule has 26 heavy (non-hydrogen) atoms. The van der Waals surface area contributed by atoms with E-state index in [1.807, 2.05) is 19.9 Å². The zero-order valence-corrected chi connectivity index (χ0v) is 14.7. The topological polar surface area (TPSA) is 89.5 Å². The molecule has 7 heteroatoms. The first-order chi connectivity index (χ1) is 12.6. The van der Waals surface area contributed by atoms with Gasteiger partial charge in [0, 0.05) is 11.9 Å². The predicted octanol–water partition coefficient (Wildman–Crippen LogP) is 2.86. The minimum absolute atomic E-state index is 0.170. The monoisotopic (exact) mass is 352 g/mol. The number of benzene rings is 1. The van der Waals surface area contributed by atoms with E-state index in [0.29, 0.717) is 23.1 Å². The number of carbonyl (C=O) groups is 1. The van der Waals surface area contributed by atoms with Crippen molar-refractivity contribution < 1.29 is 9.21 Å². The van der Waals surface area contributed by atoms with Gasteiger partial charge in [0.05, 0.1) is 11.6 Å². The molecule has 1 amide bonds. The van der Waals surface area contributed by atoms with Crippen molar-refractivity contribution in [2.45, 2.75) is 33.2 Å². The Morgan fingerprint density at radius 2 is 2.04 bits per heavy atom. The first-order valence-electron chi connectivity index (χ1n) is 8.50. The highest BCUT2D eigenvalue weighted by atomic mass is 16.3. The van der Waals surface area contributed by atoms with Gasteiger partial charge < -0.3 is 4.42 Å². The molecule has 0 aliphatic carbocycles. The van der Waals surface area contributed by atoms with Crippen LogP contribution in [-0.2, 0) is 6.54 Å². The molecule has 1 N–H and O–H groups in total. The van der Waals surface area contributed by atoms with Crippen LogP contribution >= 0.6 is 0 Å². The summed E-state index contributed by atoms with van der Waals surface area (Å²) in [5.41, 5.74) is 2.42. The lowest BCUT2D eigenvalue weighted by Gasteiger charge is -2.09. The molecule has 0 bridgehead atoms.